The van der Waals surface area contributed by atoms with Crippen molar-refractivity contribution in [2.24, 2.45) is 0 Å². The largest absolute Gasteiger partial charge is 0.495 e. The topological polar surface area (TPSA) is 31.6 Å². The Morgan fingerprint density at radius 3 is 2.06 bits per heavy atom. The molecule has 1 saturated heterocycles. The molecule has 0 spiro atoms. The predicted molar refractivity (Wildman–Crippen MR) is 150 cm³/mol. The zero-order valence-corrected chi connectivity index (χ0v) is 21.0. The summed E-state index contributed by atoms with van der Waals surface area (Å²) in [4.78, 5) is 0. The summed E-state index contributed by atoms with van der Waals surface area (Å²) in [6.07, 6.45) is 0. The maximum atomic E-state index is 6.43. The third kappa shape index (κ3) is 3.08. The number of para-hydroxylation sites is 1. The average Bonchev–Trinajstić information content (AvgIpc) is 3.36. The fraction of sp³-hybridized carbons (Fsp3) is 0.188. The Hall–Kier alpha value is -3.60. The van der Waals surface area contributed by atoms with E-state index in [0.29, 0.717) is 0 Å². The van der Waals surface area contributed by atoms with Gasteiger partial charge in [-0.1, -0.05) is 72.8 Å². The maximum absolute atomic E-state index is 6.43. The zero-order chi connectivity index (χ0) is 24.7. The van der Waals surface area contributed by atoms with Crippen molar-refractivity contribution in [1.29, 1.82) is 0 Å². The zero-order valence-electron chi connectivity index (χ0n) is 21.0. The third-order valence-electron chi connectivity index (χ3n) is 8.12. The van der Waals surface area contributed by atoms with Gasteiger partial charge in [0, 0.05) is 16.2 Å². The molecule has 7 rings (SSSR count). The molecule has 4 heteroatoms. The lowest BCUT2D eigenvalue weighted by atomic mass is 9.75. The van der Waals surface area contributed by atoms with Gasteiger partial charge in [0.15, 0.2) is 0 Å². The molecule has 1 aliphatic rings. The lowest BCUT2D eigenvalue weighted by molar-refractivity contribution is 0.00578. The number of furan rings is 1. The minimum atomic E-state index is -0.411. The summed E-state index contributed by atoms with van der Waals surface area (Å²) in [5.74, 6) is 0. The van der Waals surface area contributed by atoms with Gasteiger partial charge in [0.1, 0.15) is 11.2 Å². The van der Waals surface area contributed by atoms with Gasteiger partial charge in [-0.05, 0) is 78.6 Å². The van der Waals surface area contributed by atoms with Gasteiger partial charge in [-0.2, -0.15) is 0 Å². The molecule has 0 unspecified atom stereocenters. The van der Waals surface area contributed by atoms with Crippen molar-refractivity contribution in [2.45, 2.75) is 38.9 Å². The van der Waals surface area contributed by atoms with Crippen molar-refractivity contribution < 1.29 is 13.7 Å². The van der Waals surface area contributed by atoms with Crippen molar-refractivity contribution >= 4 is 56.1 Å². The van der Waals surface area contributed by atoms with Gasteiger partial charge in [-0.25, -0.2) is 0 Å². The van der Waals surface area contributed by atoms with Gasteiger partial charge in [0.2, 0.25) is 0 Å². The van der Waals surface area contributed by atoms with Crippen molar-refractivity contribution in [1.82, 2.24) is 0 Å². The van der Waals surface area contributed by atoms with Crippen LogP contribution in [0, 0.1) is 0 Å². The molecule has 0 amide bonds. The Kier molecular flexibility index (Phi) is 4.49. The van der Waals surface area contributed by atoms with Crippen LogP contribution in [-0.2, 0) is 9.31 Å². The minimum absolute atomic E-state index is 0.388. The van der Waals surface area contributed by atoms with Gasteiger partial charge < -0.3 is 13.7 Å². The third-order valence-corrected chi connectivity index (χ3v) is 8.12. The van der Waals surface area contributed by atoms with Crippen LogP contribution < -0.4 is 5.46 Å². The Bertz CT molecular complexity index is 1800. The lowest BCUT2D eigenvalue weighted by Crippen LogP contribution is -2.41. The summed E-state index contributed by atoms with van der Waals surface area (Å²) >= 11 is 0. The Labute approximate surface area is 210 Å². The maximum Gasteiger partial charge on any atom is 0.495 e. The number of benzene rings is 5. The highest BCUT2D eigenvalue weighted by molar-refractivity contribution is 6.65. The van der Waals surface area contributed by atoms with Gasteiger partial charge in [0.25, 0.3) is 0 Å². The molecule has 36 heavy (non-hydrogen) atoms. The second-order valence-corrected chi connectivity index (χ2v) is 10.8. The Morgan fingerprint density at radius 1 is 0.583 bits per heavy atom. The summed E-state index contributed by atoms with van der Waals surface area (Å²) in [7, 11) is -0.411. The summed E-state index contributed by atoms with van der Waals surface area (Å²) in [6.45, 7) is 8.39. The molecule has 0 atom stereocenters. The van der Waals surface area contributed by atoms with E-state index in [1.807, 2.05) is 12.1 Å². The van der Waals surface area contributed by atoms with Crippen molar-refractivity contribution in [3.63, 3.8) is 0 Å². The molecule has 176 valence electrons. The summed E-state index contributed by atoms with van der Waals surface area (Å²) in [6, 6.07) is 32.1. The highest BCUT2D eigenvalue weighted by Gasteiger charge is 2.52. The van der Waals surface area contributed by atoms with E-state index in [-0.39, 0.29) is 11.2 Å². The van der Waals surface area contributed by atoms with Crippen LogP contribution in [0.25, 0.3) is 54.6 Å². The molecule has 0 bridgehead atoms. The molecule has 2 heterocycles. The van der Waals surface area contributed by atoms with Crippen LogP contribution in [0.5, 0.6) is 0 Å². The predicted octanol–water partition coefficient (Wildman–Crippen LogP) is 7.86. The first-order valence-corrected chi connectivity index (χ1v) is 12.5. The van der Waals surface area contributed by atoms with Crippen LogP contribution in [0.15, 0.2) is 95.4 Å². The fourth-order valence-corrected chi connectivity index (χ4v) is 5.43. The van der Waals surface area contributed by atoms with E-state index in [1.54, 1.807) is 0 Å². The average molecular weight is 470 g/mol. The first kappa shape index (κ1) is 21.7. The summed E-state index contributed by atoms with van der Waals surface area (Å²) < 4.78 is 19.2. The smallest absolute Gasteiger partial charge is 0.455 e. The number of hydrogen-bond donors (Lipinski definition) is 0. The number of hydrogen-bond acceptors (Lipinski definition) is 3. The Balaban J connectivity index is 1.47. The SMILES string of the molecule is CC1(C)OB(c2cccc3ccc(-c4cc5c6ccccc6oc5c5ccccc45)cc23)OC1(C)C. The van der Waals surface area contributed by atoms with E-state index in [2.05, 4.69) is 107 Å². The van der Waals surface area contributed by atoms with E-state index in [9.17, 15) is 0 Å². The second-order valence-electron chi connectivity index (χ2n) is 10.8. The molecular weight excluding hydrogens is 443 g/mol. The summed E-state index contributed by atoms with van der Waals surface area (Å²) in [5.41, 5.74) is 4.49. The molecule has 1 aromatic heterocycles. The van der Waals surface area contributed by atoms with Gasteiger partial charge in [-0.15, -0.1) is 0 Å². The van der Waals surface area contributed by atoms with Crippen molar-refractivity contribution in [2.75, 3.05) is 0 Å². The molecule has 0 saturated carbocycles. The van der Waals surface area contributed by atoms with Crippen LogP contribution in [0.4, 0.5) is 0 Å². The highest BCUT2D eigenvalue weighted by Crippen LogP contribution is 2.41. The molecule has 5 aromatic carbocycles. The standard InChI is InChI=1S/C32H27BO3/c1-31(2)32(3,4)36-33(35-31)28-14-9-10-20-16-17-21(18-26(20)28)25-19-27-23-12-7-8-15-29(23)34-30(27)24-13-6-5-11-22(24)25/h5-19H,1-4H3. The monoisotopic (exact) mass is 470 g/mol. The van der Waals surface area contributed by atoms with Crippen molar-refractivity contribution in [3.05, 3.63) is 91.0 Å². The van der Waals surface area contributed by atoms with E-state index in [4.69, 9.17) is 13.7 Å². The lowest BCUT2D eigenvalue weighted by Gasteiger charge is -2.32. The molecule has 1 fully saturated rings. The van der Waals surface area contributed by atoms with Crippen LogP contribution >= 0.6 is 0 Å². The van der Waals surface area contributed by atoms with E-state index in [0.717, 1.165) is 43.7 Å². The van der Waals surface area contributed by atoms with Gasteiger partial charge >= 0.3 is 7.12 Å². The van der Waals surface area contributed by atoms with Gasteiger partial charge in [-0.3, -0.25) is 0 Å². The van der Waals surface area contributed by atoms with Gasteiger partial charge in [0.05, 0.1) is 11.2 Å². The molecule has 0 radical (unpaired) electrons. The second kappa shape index (κ2) is 7.46. The normalized spacial score (nSPS) is 17.1. The van der Waals surface area contributed by atoms with E-state index < -0.39 is 7.12 Å². The molecule has 3 nitrogen and oxygen atoms in total. The number of rotatable bonds is 2. The van der Waals surface area contributed by atoms with Crippen LogP contribution in [0.3, 0.4) is 0 Å². The molecule has 0 aliphatic carbocycles. The van der Waals surface area contributed by atoms with E-state index in [1.165, 1.54) is 16.3 Å². The quantitative estimate of drug-likeness (QED) is 0.242. The Morgan fingerprint density at radius 2 is 1.28 bits per heavy atom. The van der Waals surface area contributed by atoms with Crippen LogP contribution in [-0.4, -0.2) is 18.3 Å². The summed E-state index contributed by atoms with van der Waals surface area (Å²) in [5, 5.41) is 6.90. The first-order valence-electron chi connectivity index (χ1n) is 12.5. The molecule has 6 aromatic rings. The molecule has 1 aliphatic heterocycles. The minimum Gasteiger partial charge on any atom is -0.455 e. The molecule has 0 N–H and O–H groups in total. The van der Waals surface area contributed by atoms with Crippen LogP contribution in [0.1, 0.15) is 27.7 Å². The fourth-order valence-electron chi connectivity index (χ4n) is 5.43. The van der Waals surface area contributed by atoms with Crippen molar-refractivity contribution in [3.8, 4) is 11.1 Å². The van der Waals surface area contributed by atoms with Crippen LogP contribution in [0.2, 0.25) is 0 Å². The van der Waals surface area contributed by atoms with E-state index >= 15 is 0 Å². The number of fused-ring (bicyclic) bond motifs is 6. The highest BCUT2D eigenvalue weighted by atomic mass is 16.7. The first-order chi connectivity index (χ1) is 17.3. The molecular formula is C32H27BO3.